The van der Waals surface area contributed by atoms with E-state index in [0.717, 1.165) is 32.8 Å². The number of hydrogen-bond acceptors (Lipinski definition) is 2. The van der Waals surface area contributed by atoms with E-state index in [0.29, 0.717) is 0 Å². The SMILES string of the molecule is Br.[Zn][c]1ccc(CN2CCOCC2)cc1. The molecule has 1 aliphatic rings. The zero-order valence-electron chi connectivity index (χ0n) is 8.82. The Hall–Kier alpha value is 0.243. The molecule has 0 radical (unpaired) electrons. The molecule has 0 unspecified atom stereocenters. The van der Waals surface area contributed by atoms with Crippen LogP contribution in [0.15, 0.2) is 24.3 Å². The second-order valence-corrected chi connectivity index (χ2v) is 5.42. The van der Waals surface area contributed by atoms with E-state index in [9.17, 15) is 0 Å². The van der Waals surface area contributed by atoms with E-state index >= 15 is 0 Å². The van der Waals surface area contributed by atoms with Gasteiger partial charge in [-0.15, -0.1) is 17.0 Å². The normalized spacial score (nSPS) is 17.2. The second kappa shape index (κ2) is 6.75. The van der Waals surface area contributed by atoms with Crippen LogP contribution in [-0.2, 0) is 29.6 Å². The Kier molecular flexibility index (Phi) is 5.99. The number of nitrogens with zero attached hydrogens (tertiary/aromatic N) is 1. The van der Waals surface area contributed by atoms with Crippen LogP contribution in [0.25, 0.3) is 0 Å². The van der Waals surface area contributed by atoms with E-state index in [1.54, 1.807) is 0 Å². The van der Waals surface area contributed by atoms with Gasteiger partial charge >= 0.3 is 94.8 Å². The molecule has 2 nitrogen and oxygen atoms in total. The molecule has 0 saturated carbocycles. The number of ether oxygens (including phenoxy) is 1. The van der Waals surface area contributed by atoms with Crippen LogP contribution in [0.1, 0.15) is 5.56 Å². The van der Waals surface area contributed by atoms with Crippen molar-refractivity contribution >= 4 is 21.1 Å². The minimum atomic E-state index is 0. The maximum atomic E-state index is 5.32. The summed E-state index contributed by atoms with van der Waals surface area (Å²) in [4.78, 5) is 2.45. The van der Waals surface area contributed by atoms with Gasteiger partial charge in [0.25, 0.3) is 0 Å². The molecule has 1 heterocycles. The van der Waals surface area contributed by atoms with Crippen molar-refractivity contribution in [3.8, 4) is 0 Å². The molecule has 1 fully saturated rings. The Balaban J connectivity index is 0.00000112. The Morgan fingerprint density at radius 2 is 1.73 bits per heavy atom. The summed E-state index contributed by atoms with van der Waals surface area (Å²) in [6.45, 7) is 4.99. The summed E-state index contributed by atoms with van der Waals surface area (Å²) < 4.78 is 6.77. The number of hydrogen-bond donors (Lipinski definition) is 0. The fraction of sp³-hybridized carbons (Fsp3) is 0.455. The van der Waals surface area contributed by atoms with Crippen molar-refractivity contribution in [1.29, 1.82) is 0 Å². The molecule has 79 valence electrons. The number of morpholine rings is 1. The van der Waals surface area contributed by atoms with Gasteiger partial charge in [-0.05, 0) is 0 Å². The first-order valence-corrected chi connectivity index (χ1v) is 6.54. The standard InChI is InChI=1S/C11H14NO.BrH.Zn/c1-2-4-11(5-3-1)10-12-6-8-13-9-7-12;;/h2-5H,6-10H2;1H;. The molecule has 0 N–H and O–H groups in total. The van der Waals surface area contributed by atoms with Crippen molar-refractivity contribution in [2.75, 3.05) is 26.3 Å². The summed E-state index contributed by atoms with van der Waals surface area (Å²) in [5.74, 6) is 0. The zero-order valence-corrected chi connectivity index (χ0v) is 13.5. The van der Waals surface area contributed by atoms with Gasteiger partial charge in [-0.25, -0.2) is 0 Å². The quantitative estimate of drug-likeness (QED) is 0.761. The van der Waals surface area contributed by atoms with E-state index < -0.39 is 0 Å². The molecule has 4 heteroatoms. The molecule has 0 bridgehead atoms. The molecule has 0 aliphatic carbocycles. The van der Waals surface area contributed by atoms with Gasteiger partial charge in [0.2, 0.25) is 0 Å². The molecular weight excluding hydrogens is 307 g/mol. The monoisotopic (exact) mass is 320 g/mol. The molecule has 1 aromatic rings. The Morgan fingerprint density at radius 3 is 2.33 bits per heavy atom. The summed E-state index contributed by atoms with van der Waals surface area (Å²) in [5, 5.41) is 0. The predicted octanol–water partition coefficient (Wildman–Crippen LogP) is 1.27. The van der Waals surface area contributed by atoms with E-state index in [4.69, 9.17) is 4.74 Å². The molecule has 2 rings (SSSR count). The molecule has 0 amide bonds. The Labute approximate surface area is 111 Å². The molecular formula is C11H15BrNOZn. The minimum absolute atomic E-state index is 0. The molecule has 0 spiro atoms. The average Bonchev–Trinajstić information content (AvgIpc) is 2.23. The van der Waals surface area contributed by atoms with Gasteiger partial charge in [-0.1, -0.05) is 0 Å². The van der Waals surface area contributed by atoms with Gasteiger partial charge in [-0.2, -0.15) is 0 Å². The van der Waals surface area contributed by atoms with Crippen LogP contribution in [0.2, 0.25) is 0 Å². The van der Waals surface area contributed by atoms with Gasteiger partial charge in [0.15, 0.2) is 0 Å². The number of benzene rings is 1. The second-order valence-electron chi connectivity index (χ2n) is 3.71. The van der Waals surface area contributed by atoms with Crippen molar-refractivity contribution in [2.45, 2.75) is 6.54 Å². The fourth-order valence-corrected chi connectivity index (χ4v) is 2.16. The molecule has 1 aromatic carbocycles. The predicted molar refractivity (Wildman–Crippen MR) is 62.5 cm³/mol. The summed E-state index contributed by atoms with van der Waals surface area (Å²) in [6.07, 6.45) is 0. The first kappa shape index (κ1) is 13.3. The van der Waals surface area contributed by atoms with Crippen molar-refractivity contribution in [3.63, 3.8) is 0 Å². The van der Waals surface area contributed by atoms with Gasteiger partial charge in [-0.3, -0.25) is 0 Å². The molecule has 0 atom stereocenters. The van der Waals surface area contributed by atoms with Crippen molar-refractivity contribution in [2.24, 2.45) is 0 Å². The van der Waals surface area contributed by atoms with Gasteiger partial charge in [0, 0.05) is 0 Å². The van der Waals surface area contributed by atoms with Crippen LogP contribution < -0.4 is 4.16 Å². The Bertz CT molecular complexity index is 285. The topological polar surface area (TPSA) is 12.5 Å². The van der Waals surface area contributed by atoms with Crippen molar-refractivity contribution in [1.82, 2.24) is 4.90 Å². The van der Waals surface area contributed by atoms with E-state index in [2.05, 4.69) is 29.2 Å². The summed E-state index contributed by atoms with van der Waals surface area (Å²) >= 11 is 1.25. The van der Waals surface area contributed by atoms with Crippen LogP contribution in [0.3, 0.4) is 0 Å². The van der Waals surface area contributed by atoms with Crippen LogP contribution in [-0.4, -0.2) is 31.2 Å². The number of halogens is 1. The van der Waals surface area contributed by atoms with Gasteiger partial charge in [0.05, 0.1) is 0 Å². The van der Waals surface area contributed by atoms with Crippen LogP contribution in [0.5, 0.6) is 0 Å². The molecule has 1 aliphatic heterocycles. The average molecular weight is 323 g/mol. The number of rotatable bonds is 2. The van der Waals surface area contributed by atoms with Crippen LogP contribution in [0, 0.1) is 0 Å². The van der Waals surface area contributed by atoms with Crippen molar-refractivity contribution < 1.29 is 23.0 Å². The molecule has 0 aromatic heterocycles. The van der Waals surface area contributed by atoms with Crippen LogP contribution in [0.4, 0.5) is 0 Å². The van der Waals surface area contributed by atoms with Gasteiger partial charge < -0.3 is 0 Å². The van der Waals surface area contributed by atoms with Crippen LogP contribution >= 0.6 is 17.0 Å². The van der Waals surface area contributed by atoms with E-state index in [1.807, 2.05) is 0 Å². The molecule has 15 heavy (non-hydrogen) atoms. The Morgan fingerprint density at radius 1 is 1.13 bits per heavy atom. The third-order valence-electron chi connectivity index (χ3n) is 2.53. The zero-order chi connectivity index (χ0) is 9.80. The maximum absolute atomic E-state index is 5.32. The summed E-state index contributed by atoms with van der Waals surface area (Å²) in [5.41, 5.74) is 1.42. The summed E-state index contributed by atoms with van der Waals surface area (Å²) in [6, 6.07) is 8.95. The van der Waals surface area contributed by atoms with Gasteiger partial charge in [0.1, 0.15) is 0 Å². The third kappa shape index (κ3) is 4.32. The third-order valence-corrected chi connectivity index (χ3v) is 3.52. The van der Waals surface area contributed by atoms with E-state index in [-0.39, 0.29) is 17.0 Å². The van der Waals surface area contributed by atoms with Crippen molar-refractivity contribution in [3.05, 3.63) is 29.8 Å². The first-order chi connectivity index (χ1) is 6.84. The van der Waals surface area contributed by atoms with E-state index in [1.165, 1.54) is 28.0 Å². The summed E-state index contributed by atoms with van der Waals surface area (Å²) in [7, 11) is 0. The fourth-order valence-electron chi connectivity index (χ4n) is 1.66. The first-order valence-electron chi connectivity index (χ1n) is 5.05. The molecule has 1 saturated heterocycles.